The molecule has 0 unspecified atom stereocenters. The molecule has 0 atom stereocenters. The Labute approximate surface area is 111 Å². The van der Waals surface area contributed by atoms with Gasteiger partial charge in [-0.15, -0.1) is 0 Å². The van der Waals surface area contributed by atoms with Gasteiger partial charge in [0.15, 0.2) is 0 Å². The summed E-state index contributed by atoms with van der Waals surface area (Å²) in [7, 11) is 1.62. The van der Waals surface area contributed by atoms with Crippen molar-refractivity contribution in [2.75, 3.05) is 18.9 Å². The largest absolute Gasteiger partial charge is 0.478 e. The third kappa shape index (κ3) is 4.24. The highest BCUT2D eigenvalue weighted by atomic mass is 19.1. The first kappa shape index (κ1) is 14.9. The lowest BCUT2D eigenvalue weighted by Crippen LogP contribution is -2.32. The van der Waals surface area contributed by atoms with Crippen molar-refractivity contribution in [1.82, 2.24) is 4.90 Å². The van der Waals surface area contributed by atoms with Gasteiger partial charge in [0.05, 0.1) is 11.3 Å². The number of unbranched alkanes of at least 4 members (excludes halogenated alkanes) is 1. The molecule has 0 spiro atoms. The van der Waals surface area contributed by atoms with E-state index in [-0.39, 0.29) is 11.3 Å². The first-order valence-corrected chi connectivity index (χ1v) is 6.00. The Balaban J connectivity index is 2.81. The normalized spacial score (nSPS) is 10.1. The van der Waals surface area contributed by atoms with Crippen LogP contribution < -0.4 is 5.32 Å². The molecule has 0 bridgehead atoms. The van der Waals surface area contributed by atoms with E-state index in [1.165, 1.54) is 11.0 Å². The number of aromatic carboxylic acids is 1. The van der Waals surface area contributed by atoms with Gasteiger partial charge in [-0.3, -0.25) is 0 Å². The van der Waals surface area contributed by atoms with E-state index in [0.29, 0.717) is 6.54 Å². The summed E-state index contributed by atoms with van der Waals surface area (Å²) in [5.41, 5.74) is -0.181. The minimum Gasteiger partial charge on any atom is -0.478 e. The van der Waals surface area contributed by atoms with Crippen LogP contribution in [-0.4, -0.2) is 35.6 Å². The fourth-order valence-electron chi connectivity index (χ4n) is 1.51. The Bertz CT molecular complexity index is 477. The Kier molecular flexibility index (Phi) is 5.29. The molecule has 0 heterocycles. The van der Waals surface area contributed by atoms with E-state index in [4.69, 9.17) is 5.11 Å². The van der Waals surface area contributed by atoms with Crippen molar-refractivity contribution in [3.8, 4) is 0 Å². The van der Waals surface area contributed by atoms with Gasteiger partial charge in [-0.1, -0.05) is 13.3 Å². The number of nitrogens with zero attached hydrogens (tertiary/aromatic N) is 1. The molecule has 0 aliphatic rings. The average Bonchev–Trinajstić information content (AvgIpc) is 2.37. The predicted octanol–water partition coefficient (Wildman–Crippen LogP) is 2.79. The standard InChI is InChI=1S/C13H17FN2O3/c1-3-4-7-16(2)13(19)15-11-6-5-9(14)8-10(11)12(17)18/h5-6,8H,3-4,7H2,1-2H3,(H,15,19)(H,17,18). The van der Waals surface area contributed by atoms with Crippen LogP contribution in [0.15, 0.2) is 18.2 Å². The van der Waals surface area contributed by atoms with Crippen LogP contribution in [0.2, 0.25) is 0 Å². The number of carbonyl (C=O) groups is 2. The Morgan fingerprint density at radius 1 is 1.42 bits per heavy atom. The molecule has 1 aromatic rings. The Morgan fingerprint density at radius 3 is 2.68 bits per heavy atom. The van der Waals surface area contributed by atoms with E-state index in [0.717, 1.165) is 25.0 Å². The summed E-state index contributed by atoms with van der Waals surface area (Å²) in [6.07, 6.45) is 1.81. The second-order valence-electron chi connectivity index (χ2n) is 4.20. The van der Waals surface area contributed by atoms with Crippen molar-refractivity contribution in [3.05, 3.63) is 29.6 Å². The topological polar surface area (TPSA) is 69.6 Å². The lowest BCUT2D eigenvalue weighted by Gasteiger charge is -2.18. The van der Waals surface area contributed by atoms with Gasteiger partial charge in [-0.25, -0.2) is 14.0 Å². The number of amides is 2. The molecule has 5 nitrogen and oxygen atoms in total. The maximum atomic E-state index is 13.0. The van der Waals surface area contributed by atoms with Crippen LogP contribution in [0.4, 0.5) is 14.9 Å². The first-order chi connectivity index (χ1) is 8.95. The molecule has 1 rings (SSSR count). The van der Waals surface area contributed by atoms with Crippen LogP contribution in [0.1, 0.15) is 30.1 Å². The van der Waals surface area contributed by atoms with E-state index in [2.05, 4.69) is 5.32 Å². The molecule has 6 heteroatoms. The van der Waals surface area contributed by atoms with E-state index in [1.807, 2.05) is 6.92 Å². The Morgan fingerprint density at radius 2 is 2.11 bits per heavy atom. The second kappa shape index (κ2) is 6.72. The number of hydrogen-bond acceptors (Lipinski definition) is 2. The smallest absolute Gasteiger partial charge is 0.337 e. The molecular weight excluding hydrogens is 251 g/mol. The second-order valence-corrected chi connectivity index (χ2v) is 4.20. The SMILES string of the molecule is CCCCN(C)C(=O)Nc1ccc(F)cc1C(=O)O. The monoisotopic (exact) mass is 268 g/mol. The van der Waals surface area contributed by atoms with Crippen molar-refractivity contribution in [1.29, 1.82) is 0 Å². The van der Waals surface area contributed by atoms with Gasteiger partial charge >= 0.3 is 12.0 Å². The maximum Gasteiger partial charge on any atom is 0.337 e. The molecule has 0 saturated heterocycles. The molecule has 0 aromatic heterocycles. The van der Waals surface area contributed by atoms with Crippen LogP contribution in [0.3, 0.4) is 0 Å². The average molecular weight is 268 g/mol. The zero-order valence-corrected chi connectivity index (χ0v) is 10.9. The summed E-state index contributed by atoms with van der Waals surface area (Å²) in [5.74, 6) is -1.94. The summed E-state index contributed by atoms with van der Waals surface area (Å²) in [4.78, 5) is 24.2. The van der Waals surface area contributed by atoms with E-state index in [1.54, 1.807) is 7.05 Å². The van der Waals surface area contributed by atoms with Crippen molar-refractivity contribution in [2.45, 2.75) is 19.8 Å². The summed E-state index contributed by atoms with van der Waals surface area (Å²) in [6.45, 7) is 2.58. The van der Waals surface area contributed by atoms with Gasteiger partial charge < -0.3 is 15.3 Å². The molecule has 2 amide bonds. The van der Waals surface area contributed by atoms with Crippen LogP contribution in [0.25, 0.3) is 0 Å². The molecule has 0 fully saturated rings. The molecule has 0 radical (unpaired) electrons. The predicted molar refractivity (Wildman–Crippen MR) is 69.9 cm³/mol. The lowest BCUT2D eigenvalue weighted by molar-refractivity contribution is 0.0697. The quantitative estimate of drug-likeness (QED) is 0.862. The Hall–Kier alpha value is -2.11. The molecule has 2 N–H and O–H groups in total. The number of carboxylic acid groups (broad SMARTS) is 1. The van der Waals surface area contributed by atoms with E-state index >= 15 is 0 Å². The third-order valence-corrected chi connectivity index (χ3v) is 2.65. The van der Waals surface area contributed by atoms with Gasteiger partial charge in [0.2, 0.25) is 0 Å². The number of carboxylic acids is 1. The molecule has 0 aliphatic heterocycles. The number of benzene rings is 1. The van der Waals surface area contributed by atoms with Gasteiger partial charge in [-0.2, -0.15) is 0 Å². The van der Waals surface area contributed by atoms with Crippen LogP contribution in [0, 0.1) is 5.82 Å². The summed E-state index contributed by atoms with van der Waals surface area (Å²) >= 11 is 0. The van der Waals surface area contributed by atoms with Crippen molar-refractivity contribution < 1.29 is 19.1 Å². The highest BCUT2D eigenvalue weighted by Gasteiger charge is 2.15. The summed E-state index contributed by atoms with van der Waals surface area (Å²) in [6, 6.07) is 2.81. The van der Waals surface area contributed by atoms with Gasteiger partial charge in [0.25, 0.3) is 0 Å². The lowest BCUT2D eigenvalue weighted by atomic mass is 10.1. The van der Waals surface area contributed by atoms with E-state index < -0.39 is 17.8 Å². The highest BCUT2D eigenvalue weighted by Crippen LogP contribution is 2.17. The number of anilines is 1. The number of carbonyl (C=O) groups excluding carboxylic acids is 1. The minimum absolute atomic E-state index is 0.0854. The zero-order chi connectivity index (χ0) is 14.4. The molecule has 104 valence electrons. The fraction of sp³-hybridized carbons (Fsp3) is 0.385. The van der Waals surface area contributed by atoms with Crippen LogP contribution in [0.5, 0.6) is 0 Å². The first-order valence-electron chi connectivity index (χ1n) is 6.00. The van der Waals surface area contributed by atoms with Crippen molar-refractivity contribution in [2.24, 2.45) is 0 Å². The molecule has 0 saturated carbocycles. The number of nitrogens with one attached hydrogen (secondary N) is 1. The maximum absolute atomic E-state index is 13.0. The minimum atomic E-state index is -1.29. The van der Waals surface area contributed by atoms with Gasteiger partial charge in [0.1, 0.15) is 5.82 Å². The highest BCUT2D eigenvalue weighted by molar-refractivity contribution is 5.99. The van der Waals surface area contributed by atoms with E-state index in [9.17, 15) is 14.0 Å². The summed E-state index contributed by atoms with van der Waals surface area (Å²) < 4.78 is 13.0. The van der Waals surface area contributed by atoms with Gasteiger partial charge in [-0.05, 0) is 24.6 Å². The molecule has 1 aromatic carbocycles. The number of rotatable bonds is 5. The van der Waals surface area contributed by atoms with Gasteiger partial charge in [0, 0.05) is 13.6 Å². The third-order valence-electron chi connectivity index (χ3n) is 2.65. The summed E-state index contributed by atoms with van der Waals surface area (Å²) in [5, 5.41) is 11.4. The van der Waals surface area contributed by atoms with Crippen LogP contribution >= 0.6 is 0 Å². The zero-order valence-electron chi connectivity index (χ0n) is 10.9. The molecule has 19 heavy (non-hydrogen) atoms. The number of halogens is 1. The molecule has 0 aliphatic carbocycles. The number of hydrogen-bond donors (Lipinski definition) is 2. The molecular formula is C13H17FN2O3. The van der Waals surface area contributed by atoms with Crippen molar-refractivity contribution in [3.63, 3.8) is 0 Å². The van der Waals surface area contributed by atoms with Crippen molar-refractivity contribution >= 4 is 17.7 Å². The number of urea groups is 1. The van der Waals surface area contributed by atoms with Crippen LogP contribution in [-0.2, 0) is 0 Å². The fourth-order valence-corrected chi connectivity index (χ4v) is 1.51.